The molecule has 0 radical (unpaired) electrons. The van der Waals surface area contributed by atoms with Gasteiger partial charge in [0.25, 0.3) is 0 Å². The van der Waals surface area contributed by atoms with Crippen LogP contribution in [0.5, 0.6) is 0 Å². The van der Waals surface area contributed by atoms with Crippen LogP contribution in [0, 0.1) is 0 Å². The number of nitrogens with zero attached hydrogens (tertiary/aromatic N) is 4. The second kappa shape index (κ2) is 4.58. The lowest BCUT2D eigenvalue weighted by molar-refractivity contribution is 0.599. The maximum atomic E-state index is 10.9. The van der Waals surface area contributed by atoms with Crippen molar-refractivity contribution in [2.75, 3.05) is 6.54 Å². The van der Waals surface area contributed by atoms with Crippen molar-refractivity contribution < 1.29 is 8.42 Å². The Morgan fingerprint density at radius 3 is 2.93 bits per heavy atom. The van der Waals surface area contributed by atoms with Crippen molar-refractivity contribution in [1.29, 1.82) is 0 Å². The molecular formula is C6H9N5O2S2. The fraction of sp³-hybridized carbons (Fsp3) is 0.500. The van der Waals surface area contributed by atoms with Crippen LogP contribution in [0.2, 0.25) is 0 Å². The van der Waals surface area contributed by atoms with Crippen molar-refractivity contribution in [1.82, 2.24) is 4.98 Å². The standard InChI is InChI=1S/C6H9N5O2S2/c1-4(2-10-11-7)6-9-3-5(14-6)15(8,12)13/h3-4H,2H2,1H3,(H2,8,12,13). The molecular weight excluding hydrogens is 238 g/mol. The maximum absolute atomic E-state index is 10.9. The van der Waals surface area contributed by atoms with Crippen LogP contribution >= 0.6 is 11.3 Å². The molecule has 0 spiro atoms. The highest BCUT2D eigenvalue weighted by molar-refractivity contribution is 7.91. The lowest BCUT2D eigenvalue weighted by atomic mass is 10.2. The van der Waals surface area contributed by atoms with Crippen LogP contribution in [0.1, 0.15) is 17.8 Å². The van der Waals surface area contributed by atoms with Gasteiger partial charge in [-0.2, -0.15) is 0 Å². The first kappa shape index (κ1) is 11.9. The van der Waals surface area contributed by atoms with Crippen molar-refractivity contribution in [3.63, 3.8) is 0 Å². The highest BCUT2D eigenvalue weighted by Crippen LogP contribution is 2.24. The van der Waals surface area contributed by atoms with Crippen molar-refractivity contribution in [2.24, 2.45) is 10.3 Å². The Hall–Kier alpha value is -1.15. The number of hydrogen-bond donors (Lipinski definition) is 1. The highest BCUT2D eigenvalue weighted by Gasteiger charge is 2.15. The molecule has 9 heteroatoms. The number of thiazole rings is 1. The van der Waals surface area contributed by atoms with E-state index in [1.807, 2.05) is 0 Å². The zero-order valence-electron chi connectivity index (χ0n) is 7.86. The second-order valence-corrected chi connectivity index (χ2v) is 5.73. The SMILES string of the molecule is CC(CN=[N+]=[N-])c1ncc(S(N)(=O)=O)s1. The van der Waals surface area contributed by atoms with Crippen LogP contribution < -0.4 is 5.14 Å². The van der Waals surface area contributed by atoms with Gasteiger partial charge in [0.2, 0.25) is 10.0 Å². The van der Waals surface area contributed by atoms with Crippen LogP contribution in [-0.4, -0.2) is 19.9 Å². The second-order valence-electron chi connectivity index (χ2n) is 2.88. The van der Waals surface area contributed by atoms with Crippen molar-refractivity contribution >= 4 is 21.4 Å². The Morgan fingerprint density at radius 1 is 1.80 bits per heavy atom. The zero-order chi connectivity index (χ0) is 11.5. The Morgan fingerprint density at radius 2 is 2.47 bits per heavy atom. The van der Waals surface area contributed by atoms with Crippen LogP contribution in [-0.2, 0) is 10.0 Å². The molecule has 0 aliphatic rings. The van der Waals surface area contributed by atoms with Crippen LogP contribution in [0.15, 0.2) is 15.5 Å². The molecule has 15 heavy (non-hydrogen) atoms. The molecule has 1 rings (SSSR count). The predicted molar refractivity (Wildman–Crippen MR) is 55.9 cm³/mol. The molecule has 1 unspecified atom stereocenters. The van der Waals surface area contributed by atoms with E-state index in [9.17, 15) is 8.42 Å². The average Bonchev–Trinajstić information content (AvgIpc) is 2.62. The molecule has 1 heterocycles. The summed E-state index contributed by atoms with van der Waals surface area (Å²) < 4.78 is 21.9. The minimum Gasteiger partial charge on any atom is -0.248 e. The fourth-order valence-corrected chi connectivity index (χ4v) is 2.48. The van der Waals surface area contributed by atoms with Crippen LogP contribution in [0.3, 0.4) is 0 Å². The number of sulfonamides is 1. The Kier molecular flexibility index (Phi) is 3.64. The summed E-state index contributed by atoms with van der Waals surface area (Å²) in [5.74, 6) is -0.110. The molecule has 1 atom stereocenters. The summed E-state index contributed by atoms with van der Waals surface area (Å²) in [6.45, 7) is 2.04. The van der Waals surface area contributed by atoms with Gasteiger partial charge in [0, 0.05) is 17.4 Å². The van der Waals surface area contributed by atoms with Crippen molar-refractivity contribution in [2.45, 2.75) is 17.1 Å². The summed E-state index contributed by atoms with van der Waals surface area (Å²) in [7, 11) is -3.68. The third-order valence-corrected chi connectivity index (χ3v) is 4.26. The summed E-state index contributed by atoms with van der Waals surface area (Å²) in [6.07, 6.45) is 1.21. The summed E-state index contributed by atoms with van der Waals surface area (Å²) in [5.41, 5.74) is 8.12. The molecule has 0 bridgehead atoms. The van der Waals surface area contributed by atoms with Gasteiger partial charge in [-0.15, -0.1) is 11.3 Å². The summed E-state index contributed by atoms with van der Waals surface area (Å²) in [4.78, 5) is 6.53. The van der Waals surface area contributed by atoms with E-state index in [1.54, 1.807) is 6.92 Å². The largest absolute Gasteiger partial charge is 0.249 e. The predicted octanol–water partition coefficient (Wildman–Crippen LogP) is 1.20. The van der Waals surface area contributed by atoms with Gasteiger partial charge in [0.15, 0.2) is 4.21 Å². The minimum absolute atomic E-state index is 0.0188. The summed E-state index contributed by atoms with van der Waals surface area (Å²) in [5, 5.41) is 8.91. The monoisotopic (exact) mass is 247 g/mol. The van der Waals surface area contributed by atoms with Crippen LogP contribution in [0.25, 0.3) is 10.4 Å². The topological polar surface area (TPSA) is 122 Å². The number of primary sulfonamides is 1. The Balaban J connectivity index is 2.89. The fourth-order valence-electron chi connectivity index (χ4n) is 0.869. The minimum atomic E-state index is -3.68. The molecule has 0 aliphatic carbocycles. The number of nitrogens with two attached hydrogens (primary N) is 1. The summed E-state index contributed by atoms with van der Waals surface area (Å²) >= 11 is 0.991. The number of rotatable bonds is 4. The molecule has 82 valence electrons. The highest BCUT2D eigenvalue weighted by atomic mass is 32.2. The zero-order valence-corrected chi connectivity index (χ0v) is 9.49. The first-order valence-electron chi connectivity index (χ1n) is 3.94. The Bertz CT molecular complexity index is 487. The molecule has 2 N–H and O–H groups in total. The first-order valence-corrected chi connectivity index (χ1v) is 6.31. The number of hydrogen-bond acceptors (Lipinski definition) is 5. The van der Waals surface area contributed by atoms with Gasteiger partial charge in [-0.05, 0) is 5.53 Å². The smallest absolute Gasteiger partial charge is 0.248 e. The van der Waals surface area contributed by atoms with Gasteiger partial charge in [-0.3, -0.25) is 0 Å². The summed E-state index contributed by atoms with van der Waals surface area (Å²) in [6, 6.07) is 0. The van der Waals surface area contributed by atoms with E-state index in [0.717, 1.165) is 11.3 Å². The van der Waals surface area contributed by atoms with E-state index in [2.05, 4.69) is 15.0 Å². The van der Waals surface area contributed by atoms with Crippen molar-refractivity contribution in [3.05, 3.63) is 21.6 Å². The number of aromatic nitrogens is 1. The molecule has 1 aromatic heterocycles. The molecule has 0 aliphatic heterocycles. The average molecular weight is 247 g/mol. The van der Waals surface area contributed by atoms with E-state index in [-0.39, 0.29) is 16.7 Å². The van der Waals surface area contributed by atoms with Gasteiger partial charge in [0.1, 0.15) is 0 Å². The van der Waals surface area contributed by atoms with Gasteiger partial charge < -0.3 is 0 Å². The van der Waals surface area contributed by atoms with E-state index < -0.39 is 10.0 Å². The first-order chi connectivity index (χ1) is 6.95. The third-order valence-electron chi connectivity index (χ3n) is 1.62. The van der Waals surface area contributed by atoms with E-state index in [1.165, 1.54) is 6.20 Å². The normalized spacial score (nSPS) is 13.2. The third kappa shape index (κ3) is 3.17. The Labute approximate surface area is 90.6 Å². The maximum Gasteiger partial charge on any atom is 0.249 e. The molecule has 0 amide bonds. The van der Waals surface area contributed by atoms with Gasteiger partial charge in [-0.1, -0.05) is 12.0 Å². The molecule has 7 nitrogen and oxygen atoms in total. The molecule has 0 saturated carbocycles. The molecule has 1 aromatic rings. The quantitative estimate of drug-likeness (QED) is 0.488. The van der Waals surface area contributed by atoms with Gasteiger partial charge >= 0.3 is 0 Å². The molecule has 0 aromatic carbocycles. The van der Waals surface area contributed by atoms with Gasteiger partial charge in [-0.25, -0.2) is 18.5 Å². The molecule has 0 fully saturated rings. The van der Waals surface area contributed by atoms with E-state index in [0.29, 0.717) is 5.01 Å². The number of azide groups is 1. The lowest BCUT2D eigenvalue weighted by Gasteiger charge is -2.01. The van der Waals surface area contributed by atoms with Gasteiger partial charge in [0.05, 0.1) is 11.2 Å². The van der Waals surface area contributed by atoms with Crippen LogP contribution in [0.4, 0.5) is 0 Å². The van der Waals surface area contributed by atoms with E-state index in [4.69, 9.17) is 10.7 Å². The lowest BCUT2D eigenvalue weighted by Crippen LogP contribution is -2.09. The van der Waals surface area contributed by atoms with E-state index >= 15 is 0 Å². The molecule has 0 saturated heterocycles. The van der Waals surface area contributed by atoms with Crippen molar-refractivity contribution in [3.8, 4) is 0 Å².